The molecule has 0 radical (unpaired) electrons. The molecular formula is C23H20ClF3N4O4S. The molecule has 1 unspecified atom stereocenters. The molecule has 36 heavy (non-hydrogen) atoms. The fourth-order valence-electron chi connectivity index (χ4n) is 4.53. The summed E-state index contributed by atoms with van der Waals surface area (Å²) in [6.45, 7) is -0.0827. The summed E-state index contributed by atoms with van der Waals surface area (Å²) in [4.78, 5) is 13.8. The standard InChI is InChI=1S/C23H20ClF3N4O4S/c24-13-5-3-12(4-6-13)10-31-18-8-14(16(25)9-19(18)36(33,34)11-17(28)22(31)32)20-29-30-21(35-20)15-2-1-7-23(15,26)27/h3-6,8-9,15,17H,1-2,7,10-11,28H2/t15?,17-/m0/s1. The molecule has 8 nitrogen and oxygen atoms in total. The molecule has 2 aromatic carbocycles. The second-order valence-corrected chi connectivity index (χ2v) is 11.3. The summed E-state index contributed by atoms with van der Waals surface area (Å²) in [6.07, 6.45) is 0.103. The number of fused-ring (bicyclic) bond motifs is 1. The van der Waals surface area contributed by atoms with Gasteiger partial charge in [-0.1, -0.05) is 23.7 Å². The van der Waals surface area contributed by atoms with E-state index >= 15 is 4.39 Å². The van der Waals surface area contributed by atoms with Gasteiger partial charge in [-0.15, -0.1) is 10.2 Å². The second-order valence-electron chi connectivity index (χ2n) is 8.89. The van der Waals surface area contributed by atoms with Crippen molar-refractivity contribution >= 4 is 33.0 Å². The van der Waals surface area contributed by atoms with Gasteiger partial charge in [0.2, 0.25) is 11.8 Å². The maximum absolute atomic E-state index is 15.2. The quantitative estimate of drug-likeness (QED) is 0.529. The molecule has 2 atom stereocenters. The van der Waals surface area contributed by atoms with E-state index in [4.69, 9.17) is 21.8 Å². The van der Waals surface area contributed by atoms with E-state index in [1.54, 1.807) is 24.3 Å². The number of halogens is 4. The van der Waals surface area contributed by atoms with E-state index in [2.05, 4.69) is 10.2 Å². The van der Waals surface area contributed by atoms with Crippen molar-refractivity contribution in [2.45, 2.75) is 48.6 Å². The molecule has 1 aliphatic heterocycles. The van der Waals surface area contributed by atoms with Crippen molar-refractivity contribution in [2.24, 2.45) is 5.73 Å². The van der Waals surface area contributed by atoms with Crippen LogP contribution in [0.2, 0.25) is 5.02 Å². The predicted octanol–water partition coefficient (Wildman–Crippen LogP) is 4.08. The average Bonchev–Trinajstić information content (AvgIpc) is 3.42. The monoisotopic (exact) mass is 540 g/mol. The van der Waals surface area contributed by atoms with Crippen LogP contribution in [0, 0.1) is 5.82 Å². The first kappa shape index (κ1) is 24.7. The minimum Gasteiger partial charge on any atom is -0.420 e. The third-order valence-electron chi connectivity index (χ3n) is 6.39. The van der Waals surface area contributed by atoms with Gasteiger partial charge in [-0.05, 0) is 42.7 Å². The highest BCUT2D eigenvalue weighted by Crippen LogP contribution is 2.47. The van der Waals surface area contributed by atoms with Crippen LogP contribution < -0.4 is 10.6 Å². The maximum atomic E-state index is 15.2. The molecule has 0 bridgehead atoms. The molecule has 1 amide bonds. The summed E-state index contributed by atoms with van der Waals surface area (Å²) in [5.74, 6) is -7.48. The highest BCUT2D eigenvalue weighted by atomic mass is 35.5. The predicted molar refractivity (Wildman–Crippen MR) is 124 cm³/mol. The van der Waals surface area contributed by atoms with E-state index in [0.717, 1.165) is 17.0 Å². The lowest BCUT2D eigenvalue weighted by atomic mass is 10.1. The number of rotatable bonds is 4. The number of benzene rings is 2. The Hall–Kier alpha value is -2.96. The number of amides is 1. The summed E-state index contributed by atoms with van der Waals surface area (Å²) < 4.78 is 74.9. The maximum Gasteiger partial charge on any atom is 0.259 e. The van der Waals surface area contributed by atoms with Crippen LogP contribution in [-0.4, -0.2) is 42.2 Å². The fraction of sp³-hybridized carbons (Fsp3) is 0.348. The van der Waals surface area contributed by atoms with E-state index in [0.29, 0.717) is 10.6 Å². The summed E-state index contributed by atoms with van der Waals surface area (Å²) in [6, 6.07) is 6.97. The minimum absolute atomic E-state index is 0.0827. The first-order valence-corrected chi connectivity index (χ1v) is 13.1. The number of carbonyl (C=O) groups is 1. The number of alkyl halides is 2. The lowest BCUT2D eigenvalue weighted by molar-refractivity contribution is -0.119. The van der Waals surface area contributed by atoms with Gasteiger partial charge >= 0.3 is 0 Å². The summed E-state index contributed by atoms with van der Waals surface area (Å²) in [5, 5.41) is 7.90. The van der Waals surface area contributed by atoms with E-state index in [9.17, 15) is 22.0 Å². The van der Waals surface area contributed by atoms with Crippen molar-refractivity contribution in [3.05, 3.63) is 58.7 Å². The van der Waals surface area contributed by atoms with E-state index < -0.39 is 56.0 Å². The zero-order valence-electron chi connectivity index (χ0n) is 18.6. The van der Waals surface area contributed by atoms with Crippen LogP contribution in [0.4, 0.5) is 18.9 Å². The molecule has 2 aliphatic rings. The number of aromatic nitrogens is 2. The smallest absolute Gasteiger partial charge is 0.259 e. The zero-order chi connectivity index (χ0) is 25.8. The van der Waals surface area contributed by atoms with Gasteiger partial charge in [-0.2, -0.15) is 0 Å². The van der Waals surface area contributed by atoms with Crippen molar-refractivity contribution in [3.63, 3.8) is 0 Å². The molecule has 5 rings (SSSR count). The molecule has 3 aromatic rings. The first-order valence-electron chi connectivity index (χ1n) is 11.1. The van der Waals surface area contributed by atoms with Crippen molar-refractivity contribution in [1.82, 2.24) is 10.2 Å². The normalized spacial score (nSPS) is 22.9. The molecule has 2 heterocycles. The molecular weight excluding hydrogens is 521 g/mol. The second kappa shape index (κ2) is 8.86. The third kappa shape index (κ3) is 4.37. The lowest BCUT2D eigenvalue weighted by Crippen LogP contribution is -2.45. The molecule has 190 valence electrons. The Bertz CT molecular complexity index is 1450. The minimum atomic E-state index is -4.15. The van der Waals surface area contributed by atoms with Crippen LogP contribution in [-0.2, 0) is 21.2 Å². The molecule has 0 spiro atoms. The van der Waals surface area contributed by atoms with Gasteiger partial charge in [0.1, 0.15) is 11.7 Å². The number of nitrogens with two attached hydrogens (primary N) is 1. The first-order chi connectivity index (χ1) is 17.0. The topological polar surface area (TPSA) is 119 Å². The molecule has 1 aromatic heterocycles. The molecule has 13 heteroatoms. The van der Waals surface area contributed by atoms with Crippen LogP contribution in [0.3, 0.4) is 0 Å². The number of anilines is 1. The van der Waals surface area contributed by atoms with Gasteiger partial charge in [0.25, 0.3) is 11.8 Å². The molecule has 0 saturated heterocycles. The number of carbonyl (C=O) groups excluding carboxylic acids is 1. The Kier molecular flexibility index (Phi) is 6.08. The van der Waals surface area contributed by atoms with Crippen molar-refractivity contribution in [2.75, 3.05) is 10.7 Å². The third-order valence-corrected chi connectivity index (χ3v) is 8.44. The largest absolute Gasteiger partial charge is 0.420 e. The van der Waals surface area contributed by atoms with Crippen LogP contribution in [0.25, 0.3) is 11.5 Å². The summed E-state index contributed by atoms with van der Waals surface area (Å²) >= 11 is 5.93. The number of nitrogens with zero attached hydrogens (tertiary/aromatic N) is 3. The Morgan fingerprint density at radius 1 is 1.19 bits per heavy atom. The van der Waals surface area contributed by atoms with Gasteiger partial charge in [0.15, 0.2) is 9.84 Å². The fourth-order valence-corrected chi connectivity index (χ4v) is 6.23. The molecule has 1 fully saturated rings. The van der Waals surface area contributed by atoms with Crippen molar-refractivity contribution in [1.29, 1.82) is 0 Å². The number of hydrogen-bond acceptors (Lipinski definition) is 7. The van der Waals surface area contributed by atoms with Gasteiger partial charge < -0.3 is 15.1 Å². The molecule has 1 saturated carbocycles. The molecule has 2 N–H and O–H groups in total. The van der Waals surface area contributed by atoms with E-state index in [1.807, 2.05) is 0 Å². The van der Waals surface area contributed by atoms with Crippen molar-refractivity contribution < 1.29 is 30.8 Å². The number of sulfone groups is 1. The summed E-state index contributed by atoms with van der Waals surface area (Å²) in [5.41, 5.74) is 6.04. The Morgan fingerprint density at radius 2 is 1.92 bits per heavy atom. The highest BCUT2D eigenvalue weighted by Gasteiger charge is 2.48. The van der Waals surface area contributed by atoms with Gasteiger partial charge in [-0.3, -0.25) is 4.79 Å². The van der Waals surface area contributed by atoms with Crippen LogP contribution >= 0.6 is 11.6 Å². The average molecular weight is 541 g/mol. The van der Waals surface area contributed by atoms with E-state index in [-0.39, 0.29) is 42.9 Å². The van der Waals surface area contributed by atoms with Gasteiger partial charge in [-0.25, -0.2) is 21.6 Å². The van der Waals surface area contributed by atoms with Crippen LogP contribution in [0.1, 0.15) is 36.6 Å². The Balaban J connectivity index is 1.62. The van der Waals surface area contributed by atoms with Crippen molar-refractivity contribution in [3.8, 4) is 11.5 Å². The number of hydrogen-bond donors (Lipinski definition) is 1. The molecule has 1 aliphatic carbocycles. The van der Waals surface area contributed by atoms with Gasteiger partial charge in [0, 0.05) is 11.4 Å². The summed E-state index contributed by atoms with van der Waals surface area (Å²) in [7, 11) is -4.15. The zero-order valence-corrected chi connectivity index (χ0v) is 20.2. The van der Waals surface area contributed by atoms with Gasteiger partial charge in [0.05, 0.1) is 34.5 Å². The Labute approximate surface area is 209 Å². The SMILES string of the molecule is N[C@H]1CS(=O)(=O)c2cc(F)c(-c3nnc(C4CCCC4(F)F)o3)cc2N(Cc2ccc(Cl)cc2)C1=O. The van der Waals surface area contributed by atoms with Crippen LogP contribution in [0.15, 0.2) is 45.7 Å². The Morgan fingerprint density at radius 3 is 2.58 bits per heavy atom. The lowest BCUT2D eigenvalue weighted by Gasteiger charge is -2.24. The highest BCUT2D eigenvalue weighted by molar-refractivity contribution is 7.91. The van der Waals surface area contributed by atoms with E-state index in [1.165, 1.54) is 0 Å². The van der Waals surface area contributed by atoms with Crippen LogP contribution in [0.5, 0.6) is 0 Å².